The van der Waals surface area contributed by atoms with E-state index in [9.17, 15) is 10.1 Å². The Balaban J connectivity index is 1.61. The van der Waals surface area contributed by atoms with E-state index in [-0.39, 0.29) is 11.7 Å². The molecule has 0 fully saturated rings. The van der Waals surface area contributed by atoms with Gasteiger partial charge in [-0.1, -0.05) is 15.9 Å². The molecule has 0 amide bonds. The Kier molecular flexibility index (Phi) is 4.89. The zero-order valence-electron chi connectivity index (χ0n) is 17.5. The second-order valence-electron chi connectivity index (χ2n) is 7.91. The Bertz CT molecular complexity index is 1230. The topological polar surface area (TPSA) is 77.2 Å². The van der Waals surface area contributed by atoms with Crippen molar-refractivity contribution in [2.75, 3.05) is 7.11 Å². The predicted molar refractivity (Wildman–Crippen MR) is 124 cm³/mol. The van der Waals surface area contributed by atoms with Gasteiger partial charge in [0.15, 0.2) is 0 Å². The van der Waals surface area contributed by atoms with Crippen LogP contribution in [-0.2, 0) is 5.72 Å². The van der Waals surface area contributed by atoms with Crippen LogP contribution in [0.2, 0.25) is 0 Å². The predicted octanol–water partition coefficient (Wildman–Crippen LogP) is 5.78. The summed E-state index contributed by atoms with van der Waals surface area (Å²) in [4.78, 5) is 10.7. The Hall–Kier alpha value is -3.39. The van der Waals surface area contributed by atoms with Crippen molar-refractivity contribution in [2.24, 2.45) is 5.10 Å². The van der Waals surface area contributed by atoms with Crippen molar-refractivity contribution < 1.29 is 14.4 Å². The van der Waals surface area contributed by atoms with Gasteiger partial charge in [0.1, 0.15) is 11.5 Å². The maximum Gasteiger partial charge on any atom is 0.269 e. The standard InChI is InChI=1S/C24H20BrN3O4/c1-24(16-5-8-18(9-6-16)28(29)30)27-22(20-13-17(25)7-12-23(20)32-24)14-21(26-27)15-3-10-19(31-2)11-4-15/h3-13,22H,14H2,1-2H3/t22-,24+/m0/s1. The van der Waals surface area contributed by atoms with Gasteiger partial charge < -0.3 is 9.47 Å². The van der Waals surface area contributed by atoms with Crippen LogP contribution in [0.4, 0.5) is 5.69 Å². The number of rotatable bonds is 4. The average Bonchev–Trinajstić information content (AvgIpc) is 3.27. The summed E-state index contributed by atoms with van der Waals surface area (Å²) in [5.74, 6) is 1.57. The Morgan fingerprint density at radius 2 is 1.88 bits per heavy atom. The summed E-state index contributed by atoms with van der Waals surface area (Å²) in [5.41, 5.74) is 2.92. The van der Waals surface area contributed by atoms with Crippen molar-refractivity contribution in [2.45, 2.75) is 25.1 Å². The van der Waals surface area contributed by atoms with E-state index in [1.54, 1.807) is 19.2 Å². The van der Waals surface area contributed by atoms with Crippen LogP contribution in [0.5, 0.6) is 11.5 Å². The van der Waals surface area contributed by atoms with Crippen LogP contribution in [0, 0.1) is 10.1 Å². The molecule has 2 aliphatic rings. The number of halogens is 1. The summed E-state index contributed by atoms with van der Waals surface area (Å²) in [6.07, 6.45) is 0.710. The molecule has 0 aromatic heterocycles. The summed E-state index contributed by atoms with van der Waals surface area (Å²) in [5, 5.41) is 18.1. The zero-order valence-corrected chi connectivity index (χ0v) is 19.1. The van der Waals surface area contributed by atoms with E-state index >= 15 is 0 Å². The number of hydrazone groups is 1. The fraction of sp³-hybridized carbons (Fsp3) is 0.208. The third-order valence-electron chi connectivity index (χ3n) is 6.02. The lowest BCUT2D eigenvalue weighted by atomic mass is 9.92. The summed E-state index contributed by atoms with van der Waals surface area (Å²) in [6.45, 7) is 1.95. The van der Waals surface area contributed by atoms with Crippen LogP contribution in [0.1, 0.15) is 36.1 Å². The van der Waals surface area contributed by atoms with Gasteiger partial charge >= 0.3 is 0 Å². The van der Waals surface area contributed by atoms with Crippen molar-refractivity contribution in [3.63, 3.8) is 0 Å². The number of benzene rings is 3. The molecule has 2 heterocycles. The minimum atomic E-state index is -0.922. The maximum atomic E-state index is 11.1. The van der Waals surface area contributed by atoms with Crippen molar-refractivity contribution >= 4 is 27.3 Å². The van der Waals surface area contributed by atoms with E-state index in [1.807, 2.05) is 48.3 Å². The number of non-ortho nitro benzene ring substituents is 1. The summed E-state index contributed by atoms with van der Waals surface area (Å²) in [7, 11) is 1.64. The first-order valence-corrected chi connectivity index (χ1v) is 10.9. The van der Waals surface area contributed by atoms with Crippen molar-refractivity contribution in [1.29, 1.82) is 0 Å². The van der Waals surface area contributed by atoms with Gasteiger partial charge in [0.25, 0.3) is 5.69 Å². The molecule has 0 bridgehead atoms. The molecule has 2 atom stereocenters. The molecule has 0 saturated heterocycles. The van der Waals surface area contributed by atoms with Crippen LogP contribution < -0.4 is 9.47 Å². The Labute approximate surface area is 193 Å². The number of ether oxygens (including phenoxy) is 2. The zero-order chi connectivity index (χ0) is 22.5. The number of nitro benzene ring substituents is 1. The molecular weight excluding hydrogens is 474 g/mol. The molecule has 0 spiro atoms. The first-order chi connectivity index (χ1) is 15.4. The molecule has 3 aromatic rings. The van der Waals surface area contributed by atoms with Crippen LogP contribution in [0.15, 0.2) is 76.3 Å². The average molecular weight is 494 g/mol. The quantitative estimate of drug-likeness (QED) is 0.339. The van der Waals surface area contributed by atoms with E-state index in [0.717, 1.165) is 38.4 Å². The molecule has 8 heteroatoms. The lowest BCUT2D eigenvalue weighted by Gasteiger charge is -2.46. The van der Waals surface area contributed by atoms with Crippen molar-refractivity contribution in [3.05, 3.63) is 98.0 Å². The van der Waals surface area contributed by atoms with E-state index in [0.29, 0.717) is 6.42 Å². The molecule has 2 aliphatic heterocycles. The van der Waals surface area contributed by atoms with Gasteiger partial charge in [0.2, 0.25) is 5.72 Å². The monoisotopic (exact) mass is 493 g/mol. The molecule has 3 aromatic carbocycles. The fourth-order valence-corrected chi connectivity index (χ4v) is 4.70. The van der Waals surface area contributed by atoms with Crippen LogP contribution in [-0.4, -0.2) is 22.8 Å². The normalized spacial score (nSPS) is 21.3. The van der Waals surface area contributed by atoms with Gasteiger partial charge in [0.05, 0.1) is 23.8 Å². The maximum absolute atomic E-state index is 11.1. The fourth-order valence-electron chi connectivity index (χ4n) is 4.32. The molecule has 0 radical (unpaired) electrons. The molecule has 32 heavy (non-hydrogen) atoms. The van der Waals surface area contributed by atoms with Crippen LogP contribution in [0.3, 0.4) is 0 Å². The van der Waals surface area contributed by atoms with Gasteiger partial charge in [-0.25, -0.2) is 5.01 Å². The highest BCUT2D eigenvalue weighted by Gasteiger charge is 2.49. The number of nitro groups is 1. The summed E-state index contributed by atoms with van der Waals surface area (Å²) in [6, 6.07) is 20.3. The number of fused-ring (bicyclic) bond motifs is 3. The molecule has 7 nitrogen and oxygen atoms in total. The minimum absolute atomic E-state index is 0.0338. The Morgan fingerprint density at radius 3 is 2.53 bits per heavy atom. The molecule has 0 N–H and O–H groups in total. The highest BCUT2D eigenvalue weighted by molar-refractivity contribution is 9.10. The number of methoxy groups -OCH3 is 1. The van der Waals surface area contributed by atoms with Crippen molar-refractivity contribution in [1.82, 2.24) is 5.01 Å². The highest BCUT2D eigenvalue weighted by atomic mass is 79.9. The number of hydrogen-bond acceptors (Lipinski definition) is 6. The van der Waals surface area contributed by atoms with Gasteiger partial charge in [-0.3, -0.25) is 10.1 Å². The third-order valence-corrected chi connectivity index (χ3v) is 6.52. The van der Waals surface area contributed by atoms with Crippen LogP contribution >= 0.6 is 15.9 Å². The Morgan fingerprint density at radius 1 is 1.16 bits per heavy atom. The van der Waals surface area contributed by atoms with Gasteiger partial charge in [0, 0.05) is 41.1 Å². The van der Waals surface area contributed by atoms with Gasteiger partial charge in [-0.05, 0) is 60.2 Å². The van der Waals surface area contributed by atoms with Gasteiger partial charge in [-0.15, -0.1) is 0 Å². The highest BCUT2D eigenvalue weighted by Crippen LogP contribution is 2.51. The second-order valence-corrected chi connectivity index (χ2v) is 8.83. The summed E-state index contributed by atoms with van der Waals surface area (Å²) >= 11 is 3.57. The molecule has 162 valence electrons. The molecule has 0 unspecified atom stereocenters. The SMILES string of the molecule is COc1ccc(C2=NN3[C@@H](C2)c2cc(Br)ccc2O[C@]3(C)c2ccc([N+](=O)[O-])cc2)cc1. The van der Waals surface area contributed by atoms with E-state index in [2.05, 4.69) is 22.0 Å². The molecular formula is C24H20BrN3O4. The largest absolute Gasteiger partial charge is 0.497 e. The lowest BCUT2D eigenvalue weighted by molar-refractivity contribution is -0.384. The summed E-state index contributed by atoms with van der Waals surface area (Å²) < 4.78 is 12.8. The van der Waals surface area contributed by atoms with E-state index in [1.165, 1.54) is 12.1 Å². The van der Waals surface area contributed by atoms with Crippen LogP contribution in [0.25, 0.3) is 0 Å². The van der Waals surface area contributed by atoms with Gasteiger partial charge in [-0.2, -0.15) is 5.10 Å². The minimum Gasteiger partial charge on any atom is -0.497 e. The number of nitrogens with zero attached hydrogens (tertiary/aromatic N) is 3. The van der Waals surface area contributed by atoms with E-state index < -0.39 is 10.6 Å². The molecule has 0 saturated carbocycles. The van der Waals surface area contributed by atoms with Crippen molar-refractivity contribution in [3.8, 4) is 11.5 Å². The second kappa shape index (κ2) is 7.63. The smallest absolute Gasteiger partial charge is 0.269 e. The molecule has 5 rings (SSSR count). The number of hydrogen-bond donors (Lipinski definition) is 0. The lowest BCUT2D eigenvalue weighted by Crippen LogP contribution is -2.48. The van der Waals surface area contributed by atoms with E-state index in [4.69, 9.17) is 14.6 Å². The molecule has 0 aliphatic carbocycles. The third kappa shape index (κ3) is 3.31. The first-order valence-electron chi connectivity index (χ1n) is 10.1. The first kappa shape index (κ1) is 20.5.